The summed E-state index contributed by atoms with van der Waals surface area (Å²) in [5.74, 6) is 0.326. The Morgan fingerprint density at radius 2 is 1.68 bits per heavy atom. The van der Waals surface area contributed by atoms with Crippen LogP contribution in [-0.2, 0) is 4.79 Å². The van der Waals surface area contributed by atoms with Crippen molar-refractivity contribution in [2.45, 2.75) is 39.7 Å². The number of benzene rings is 2. The molecule has 7 nitrogen and oxygen atoms in total. The smallest absolute Gasteiger partial charge is 0.253 e. The summed E-state index contributed by atoms with van der Waals surface area (Å²) < 4.78 is 5.17. The van der Waals surface area contributed by atoms with Gasteiger partial charge in [-0.05, 0) is 75.9 Å². The molecule has 1 unspecified atom stereocenters. The van der Waals surface area contributed by atoms with Gasteiger partial charge in [0.25, 0.3) is 11.8 Å². The average Bonchev–Trinajstić information content (AvgIpc) is 2.87. The van der Waals surface area contributed by atoms with Crippen molar-refractivity contribution in [2.24, 2.45) is 5.92 Å². The van der Waals surface area contributed by atoms with E-state index in [1.807, 2.05) is 43.9 Å². The van der Waals surface area contributed by atoms with E-state index in [2.05, 4.69) is 5.32 Å². The Morgan fingerprint density at radius 1 is 1.03 bits per heavy atom. The van der Waals surface area contributed by atoms with E-state index >= 15 is 0 Å². The topological polar surface area (TPSA) is 79.0 Å². The maximum absolute atomic E-state index is 13.4. The zero-order valence-corrected chi connectivity index (χ0v) is 20.5. The van der Waals surface area contributed by atoms with Crippen LogP contribution in [0.2, 0.25) is 0 Å². The van der Waals surface area contributed by atoms with Gasteiger partial charge >= 0.3 is 0 Å². The lowest BCUT2D eigenvalue weighted by atomic mass is 9.87. The number of carbonyl (C=O) groups is 3. The van der Waals surface area contributed by atoms with Crippen molar-refractivity contribution in [1.29, 1.82) is 0 Å². The Morgan fingerprint density at radius 3 is 2.24 bits per heavy atom. The van der Waals surface area contributed by atoms with E-state index in [0.29, 0.717) is 55.9 Å². The first kappa shape index (κ1) is 25.3. The summed E-state index contributed by atoms with van der Waals surface area (Å²) >= 11 is 0. The minimum atomic E-state index is -0.619. The van der Waals surface area contributed by atoms with Gasteiger partial charge in [-0.3, -0.25) is 14.4 Å². The molecule has 3 rings (SSSR count). The van der Waals surface area contributed by atoms with Gasteiger partial charge < -0.3 is 19.9 Å². The molecular weight excluding hydrogens is 430 g/mol. The molecule has 1 heterocycles. The summed E-state index contributed by atoms with van der Waals surface area (Å²) in [6.45, 7) is 8.07. The summed E-state index contributed by atoms with van der Waals surface area (Å²) in [4.78, 5) is 42.9. The number of likely N-dealkylation sites (tertiary alicyclic amines) is 1. The standard InChI is InChI=1S/C27H35N3O4/c1-5-29(6-2)27(33)24(28-25(31)22-9-7-8-19(3)18-22)20-14-16-30(17-15-20)26(32)21-10-12-23(34-4)13-11-21/h7-13,18,20,24H,5-6,14-17H2,1-4H3,(H,28,31). The molecule has 182 valence electrons. The third-order valence-electron chi connectivity index (χ3n) is 6.54. The quantitative estimate of drug-likeness (QED) is 0.647. The molecule has 1 aliphatic heterocycles. The van der Waals surface area contributed by atoms with Crippen LogP contribution in [0, 0.1) is 12.8 Å². The predicted octanol–water partition coefficient (Wildman–Crippen LogP) is 3.52. The Bertz CT molecular complexity index is 993. The number of hydrogen-bond acceptors (Lipinski definition) is 4. The van der Waals surface area contributed by atoms with E-state index in [-0.39, 0.29) is 23.6 Å². The molecule has 3 amide bonds. The Labute approximate surface area is 202 Å². The highest BCUT2D eigenvalue weighted by atomic mass is 16.5. The molecule has 0 radical (unpaired) electrons. The van der Waals surface area contributed by atoms with Gasteiger partial charge in [0, 0.05) is 37.3 Å². The summed E-state index contributed by atoms with van der Waals surface area (Å²) in [5.41, 5.74) is 2.15. The molecule has 1 aliphatic rings. The normalized spacial score (nSPS) is 14.9. The summed E-state index contributed by atoms with van der Waals surface area (Å²) in [6.07, 6.45) is 1.29. The van der Waals surface area contributed by atoms with Crippen molar-refractivity contribution < 1.29 is 19.1 Å². The molecule has 1 saturated heterocycles. The fraction of sp³-hybridized carbons (Fsp3) is 0.444. The van der Waals surface area contributed by atoms with Gasteiger partial charge in [0.2, 0.25) is 5.91 Å². The SMILES string of the molecule is CCN(CC)C(=O)C(NC(=O)c1cccc(C)c1)C1CCN(C(=O)c2ccc(OC)cc2)CC1. The first-order valence-corrected chi connectivity index (χ1v) is 12.0. The average molecular weight is 466 g/mol. The third kappa shape index (κ3) is 5.95. The number of nitrogens with one attached hydrogen (secondary N) is 1. The van der Waals surface area contributed by atoms with E-state index in [1.54, 1.807) is 42.3 Å². The highest BCUT2D eigenvalue weighted by Gasteiger charge is 2.35. The number of hydrogen-bond donors (Lipinski definition) is 1. The molecule has 0 aromatic heterocycles. The molecule has 7 heteroatoms. The molecule has 2 aromatic carbocycles. The van der Waals surface area contributed by atoms with Gasteiger partial charge in [0.15, 0.2) is 0 Å². The molecule has 0 saturated carbocycles. The minimum Gasteiger partial charge on any atom is -0.497 e. The van der Waals surface area contributed by atoms with Crippen LogP contribution in [0.1, 0.15) is 53.0 Å². The number of rotatable bonds is 8. The van der Waals surface area contributed by atoms with Crippen LogP contribution in [0.3, 0.4) is 0 Å². The van der Waals surface area contributed by atoms with Crippen LogP contribution < -0.4 is 10.1 Å². The zero-order valence-electron chi connectivity index (χ0n) is 20.5. The van der Waals surface area contributed by atoms with Gasteiger partial charge in [-0.15, -0.1) is 0 Å². The monoisotopic (exact) mass is 465 g/mol. The van der Waals surface area contributed by atoms with Crippen LogP contribution in [0.15, 0.2) is 48.5 Å². The van der Waals surface area contributed by atoms with Gasteiger partial charge in [0.1, 0.15) is 11.8 Å². The van der Waals surface area contributed by atoms with Crippen molar-refractivity contribution in [3.63, 3.8) is 0 Å². The van der Waals surface area contributed by atoms with Crippen LogP contribution in [0.4, 0.5) is 0 Å². The van der Waals surface area contributed by atoms with E-state index < -0.39 is 6.04 Å². The number of amides is 3. The first-order valence-electron chi connectivity index (χ1n) is 12.0. The van der Waals surface area contributed by atoms with Gasteiger partial charge in [0.05, 0.1) is 7.11 Å². The van der Waals surface area contributed by atoms with Crippen molar-refractivity contribution in [2.75, 3.05) is 33.3 Å². The molecule has 1 N–H and O–H groups in total. The van der Waals surface area contributed by atoms with E-state index in [4.69, 9.17) is 4.74 Å². The van der Waals surface area contributed by atoms with Crippen molar-refractivity contribution in [1.82, 2.24) is 15.1 Å². The Balaban J connectivity index is 1.72. The fourth-order valence-electron chi connectivity index (χ4n) is 4.48. The van der Waals surface area contributed by atoms with Gasteiger partial charge in [-0.2, -0.15) is 0 Å². The molecule has 1 atom stereocenters. The van der Waals surface area contributed by atoms with E-state index in [1.165, 1.54) is 0 Å². The molecule has 34 heavy (non-hydrogen) atoms. The van der Waals surface area contributed by atoms with Crippen molar-refractivity contribution in [3.8, 4) is 5.75 Å². The van der Waals surface area contributed by atoms with E-state index in [9.17, 15) is 14.4 Å². The number of likely N-dealkylation sites (N-methyl/N-ethyl adjacent to an activating group) is 1. The maximum Gasteiger partial charge on any atom is 0.253 e. The number of piperidine rings is 1. The molecule has 0 spiro atoms. The number of methoxy groups -OCH3 is 1. The maximum atomic E-state index is 13.4. The number of carbonyl (C=O) groups excluding carboxylic acids is 3. The van der Waals surface area contributed by atoms with Crippen LogP contribution in [0.25, 0.3) is 0 Å². The highest BCUT2D eigenvalue weighted by Crippen LogP contribution is 2.24. The van der Waals surface area contributed by atoms with Gasteiger partial charge in [-0.1, -0.05) is 17.7 Å². The summed E-state index contributed by atoms with van der Waals surface area (Å²) in [5, 5.41) is 3.02. The number of nitrogens with zero attached hydrogens (tertiary/aromatic N) is 2. The van der Waals surface area contributed by atoms with Crippen molar-refractivity contribution >= 4 is 17.7 Å². The second kappa shape index (κ2) is 11.7. The zero-order chi connectivity index (χ0) is 24.7. The summed E-state index contributed by atoms with van der Waals surface area (Å²) in [7, 11) is 1.59. The Kier molecular flexibility index (Phi) is 8.68. The number of ether oxygens (including phenoxy) is 1. The van der Waals surface area contributed by atoms with Crippen molar-refractivity contribution in [3.05, 3.63) is 65.2 Å². The summed E-state index contributed by atoms with van der Waals surface area (Å²) in [6, 6.07) is 13.8. The van der Waals surface area contributed by atoms with Crippen LogP contribution in [0.5, 0.6) is 5.75 Å². The fourth-order valence-corrected chi connectivity index (χ4v) is 4.48. The van der Waals surface area contributed by atoms with Gasteiger partial charge in [-0.25, -0.2) is 0 Å². The third-order valence-corrected chi connectivity index (χ3v) is 6.54. The van der Waals surface area contributed by atoms with Crippen LogP contribution >= 0.6 is 0 Å². The van der Waals surface area contributed by atoms with Crippen LogP contribution in [-0.4, -0.2) is 66.9 Å². The molecule has 0 aliphatic carbocycles. The lowest BCUT2D eigenvalue weighted by Gasteiger charge is -2.37. The Hall–Kier alpha value is -3.35. The largest absolute Gasteiger partial charge is 0.497 e. The molecular formula is C27H35N3O4. The first-order chi connectivity index (χ1) is 16.4. The lowest BCUT2D eigenvalue weighted by Crippen LogP contribution is -2.54. The van der Waals surface area contributed by atoms with E-state index in [0.717, 1.165) is 5.56 Å². The highest BCUT2D eigenvalue weighted by molar-refractivity contribution is 5.98. The minimum absolute atomic E-state index is 0.0310. The molecule has 2 aromatic rings. The number of aryl methyl sites for hydroxylation is 1. The molecule has 1 fully saturated rings. The lowest BCUT2D eigenvalue weighted by molar-refractivity contribution is -0.134. The second-order valence-electron chi connectivity index (χ2n) is 8.69. The molecule has 0 bridgehead atoms. The predicted molar refractivity (Wildman–Crippen MR) is 132 cm³/mol. The second-order valence-corrected chi connectivity index (χ2v) is 8.69.